The van der Waals surface area contributed by atoms with Crippen molar-refractivity contribution in [2.45, 2.75) is 40.2 Å². The fourth-order valence-electron chi connectivity index (χ4n) is 2.07. The molecule has 0 saturated carbocycles. The number of hydrogen-bond donors (Lipinski definition) is 1. The van der Waals surface area contributed by atoms with Gasteiger partial charge >= 0.3 is 0 Å². The summed E-state index contributed by atoms with van der Waals surface area (Å²) in [7, 11) is 0. The lowest BCUT2D eigenvalue weighted by Crippen LogP contribution is -2.32. The van der Waals surface area contributed by atoms with Crippen LogP contribution in [-0.4, -0.2) is 11.2 Å². The number of hydrogen-bond acceptors (Lipinski definition) is 1. The molecule has 0 bridgehead atoms. The summed E-state index contributed by atoms with van der Waals surface area (Å²) in [4.78, 5) is 0. The van der Waals surface area contributed by atoms with Crippen LogP contribution in [0.3, 0.4) is 0 Å². The SMILES string of the molecule is CCC1=C[C@@H](O)[C@H](C)[C@@H](C)[C@@H]1C. The van der Waals surface area contributed by atoms with Gasteiger partial charge in [-0.15, -0.1) is 0 Å². The van der Waals surface area contributed by atoms with Crippen LogP contribution >= 0.6 is 0 Å². The first-order valence-electron chi connectivity index (χ1n) is 4.96. The molecule has 1 N–H and O–H groups in total. The Kier molecular flexibility index (Phi) is 2.94. The van der Waals surface area contributed by atoms with E-state index in [0.717, 1.165) is 6.42 Å². The normalized spacial score (nSPS) is 42.6. The summed E-state index contributed by atoms with van der Waals surface area (Å²) < 4.78 is 0. The van der Waals surface area contributed by atoms with E-state index >= 15 is 0 Å². The monoisotopic (exact) mass is 168 g/mol. The molecule has 0 spiro atoms. The van der Waals surface area contributed by atoms with Crippen LogP contribution in [0.4, 0.5) is 0 Å². The van der Waals surface area contributed by atoms with E-state index in [0.29, 0.717) is 17.8 Å². The van der Waals surface area contributed by atoms with Crippen molar-refractivity contribution in [3.05, 3.63) is 11.6 Å². The third-order valence-electron chi connectivity index (χ3n) is 3.53. The van der Waals surface area contributed by atoms with Crippen molar-refractivity contribution in [1.82, 2.24) is 0 Å². The third kappa shape index (κ3) is 1.56. The van der Waals surface area contributed by atoms with Gasteiger partial charge in [-0.1, -0.05) is 39.3 Å². The van der Waals surface area contributed by atoms with E-state index in [4.69, 9.17) is 0 Å². The summed E-state index contributed by atoms with van der Waals surface area (Å²) in [5.41, 5.74) is 1.42. The minimum atomic E-state index is -0.217. The van der Waals surface area contributed by atoms with Crippen LogP contribution in [-0.2, 0) is 0 Å². The van der Waals surface area contributed by atoms with Gasteiger partial charge in [0.2, 0.25) is 0 Å². The average Bonchev–Trinajstić information content (AvgIpc) is 2.08. The van der Waals surface area contributed by atoms with Crippen LogP contribution in [0.2, 0.25) is 0 Å². The first-order valence-corrected chi connectivity index (χ1v) is 4.96. The predicted molar refractivity (Wildman–Crippen MR) is 51.9 cm³/mol. The van der Waals surface area contributed by atoms with Gasteiger partial charge in [0.05, 0.1) is 6.10 Å². The number of allylic oxidation sites excluding steroid dienone is 1. The number of aliphatic hydroxyl groups excluding tert-OH is 1. The highest BCUT2D eigenvalue weighted by Gasteiger charge is 2.30. The maximum absolute atomic E-state index is 9.69. The van der Waals surface area contributed by atoms with Gasteiger partial charge in [-0.25, -0.2) is 0 Å². The Hall–Kier alpha value is -0.300. The van der Waals surface area contributed by atoms with Crippen molar-refractivity contribution in [1.29, 1.82) is 0 Å². The van der Waals surface area contributed by atoms with E-state index in [9.17, 15) is 5.11 Å². The van der Waals surface area contributed by atoms with Crippen LogP contribution in [0.1, 0.15) is 34.1 Å². The van der Waals surface area contributed by atoms with E-state index < -0.39 is 0 Å². The number of rotatable bonds is 1. The van der Waals surface area contributed by atoms with Gasteiger partial charge in [-0.3, -0.25) is 0 Å². The molecule has 0 saturated heterocycles. The lowest BCUT2D eigenvalue weighted by molar-refractivity contribution is 0.0978. The fourth-order valence-corrected chi connectivity index (χ4v) is 2.07. The lowest BCUT2D eigenvalue weighted by Gasteiger charge is -2.35. The first kappa shape index (κ1) is 9.79. The Bertz CT molecular complexity index is 183. The second kappa shape index (κ2) is 3.61. The van der Waals surface area contributed by atoms with Crippen LogP contribution in [0.15, 0.2) is 11.6 Å². The highest BCUT2D eigenvalue weighted by molar-refractivity contribution is 5.14. The van der Waals surface area contributed by atoms with Crippen LogP contribution in [0.5, 0.6) is 0 Å². The van der Waals surface area contributed by atoms with Crippen LogP contribution in [0, 0.1) is 17.8 Å². The molecule has 12 heavy (non-hydrogen) atoms. The molecule has 0 radical (unpaired) electrons. The maximum Gasteiger partial charge on any atom is 0.0751 e. The molecule has 0 amide bonds. The zero-order valence-corrected chi connectivity index (χ0v) is 8.54. The van der Waals surface area contributed by atoms with Crippen molar-refractivity contribution in [2.24, 2.45) is 17.8 Å². The average molecular weight is 168 g/mol. The minimum Gasteiger partial charge on any atom is -0.389 e. The van der Waals surface area contributed by atoms with Gasteiger partial charge in [0, 0.05) is 0 Å². The molecule has 0 unspecified atom stereocenters. The molecule has 0 aliphatic heterocycles. The van der Waals surface area contributed by atoms with Crippen LogP contribution < -0.4 is 0 Å². The molecule has 1 aliphatic rings. The molecule has 0 fully saturated rings. The maximum atomic E-state index is 9.69. The largest absolute Gasteiger partial charge is 0.389 e. The molecule has 70 valence electrons. The molecular weight excluding hydrogens is 148 g/mol. The minimum absolute atomic E-state index is 0.217. The summed E-state index contributed by atoms with van der Waals surface area (Å²) in [6.45, 7) is 8.80. The molecule has 1 nitrogen and oxygen atoms in total. The van der Waals surface area contributed by atoms with E-state index in [1.54, 1.807) is 0 Å². The fraction of sp³-hybridized carbons (Fsp3) is 0.818. The highest BCUT2D eigenvalue weighted by atomic mass is 16.3. The van der Waals surface area contributed by atoms with Gasteiger partial charge in [0.25, 0.3) is 0 Å². The third-order valence-corrected chi connectivity index (χ3v) is 3.53. The van der Waals surface area contributed by atoms with Gasteiger partial charge < -0.3 is 5.11 Å². The second-order valence-electron chi connectivity index (χ2n) is 4.09. The van der Waals surface area contributed by atoms with Gasteiger partial charge in [-0.05, 0) is 24.2 Å². The highest BCUT2D eigenvalue weighted by Crippen LogP contribution is 2.35. The Morgan fingerprint density at radius 2 is 1.83 bits per heavy atom. The molecule has 0 heterocycles. The smallest absolute Gasteiger partial charge is 0.0751 e. The summed E-state index contributed by atoms with van der Waals surface area (Å²) in [6.07, 6.45) is 2.91. The van der Waals surface area contributed by atoms with E-state index in [2.05, 4.69) is 33.8 Å². The Morgan fingerprint density at radius 3 is 2.33 bits per heavy atom. The Morgan fingerprint density at radius 1 is 1.25 bits per heavy atom. The zero-order chi connectivity index (χ0) is 9.30. The van der Waals surface area contributed by atoms with Gasteiger partial charge in [0.15, 0.2) is 0 Å². The summed E-state index contributed by atoms with van der Waals surface area (Å²) in [6, 6.07) is 0. The van der Waals surface area contributed by atoms with Crippen molar-refractivity contribution < 1.29 is 5.11 Å². The standard InChI is InChI=1S/C11H20O/c1-5-10-6-11(12)9(4)7(2)8(10)3/h6-9,11-12H,5H2,1-4H3/t7-,8-,9+,11+/m0/s1. The topological polar surface area (TPSA) is 20.2 Å². The molecular formula is C11H20O. The van der Waals surface area contributed by atoms with Crippen molar-refractivity contribution in [2.75, 3.05) is 0 Å². The molecule has 0 aromatic rings. The van der Waals surface area contributed by atoms with Gasteiger partial charge in [-0.2, -0.15) is 0 Å². The molecule has 0 aromatic carbocycles. The molecule has 0 aromatic heterocycles. The van der Waals surface area contributed by atoms with Crippen molar-refractivity contribution >= 4 is 0 Å². The Labute approximate surface area is 75.5 Å². The predicted octanol–water partition coefficient (Wildman–Crippen LogP) is 2.61. The summed E-state index contributed by atoms with van der Waals surface area (Å²) >= 11 is 0. The summed E-state index contributed by atoms with van der Waals surface area (Å²) in [5, 5.41) is 9.69. The summed E-state index contributed by atoms with van der Waals surface area (Å²) in [5.74, 6) is 1.67. The van der Waals surface area contributed by atoms with Gasteiger partial charge in [0.1, 0.15) is 0 Å². The Balaban J connectivity index is 2.84. The first-order chi connectivity index (χ1) is 5.57. The van der Waals surface area contributed by atoms with E-state index in [1.807, 2.05) is 0 Å². The molecule has 1 heteroatoms. The van der Waals surface area contributed by atoms with Crippen molar-refractivity contribution in [3.63, 3.8) is 0 Å². The molecule has 4 atom stereocenters. The molecule has 1 aliphatic carbocycles. The van der Waals surface area contributed by atoms with Crippen LogP contribution in [0.25, 0.3) is 0 Å². The lowest BCUT2D eigenvalue weighted by atomic mass is 9.72. The quantitative estimate of drug-likeness (QED) is 0.597. The zero-order valence-electron chi connectivity index (χ0n) is 8.54. The van der Waals surface area contributed by atoms with Crippen molar-refractivity contribution in [3.8, 4) is 0 Å². The second-order valence-corrected chi connectivity index (χ2v) is 4.09. The number of aliphatic hydroxyl groups is 1. The van der Waals surface area contributed by atoms with E-state index in [-0.39, 0.29) is 6.10 Å². The van der Waals surface area contributed by atoms with E-state index in [1.165, 1.54) is 5.57 Å². The molecule has 1 rings (SSSR count).